The monoisotopic (exact) mass is 332 g/mol. The van der Waals surface area contributed by atoms with Crippen LogP contribution in [-0.4, -0.2) is 35.3 Å². The molecule has 24 heavy (non-hydrogen) atoms. The average Bonchev–Trinajstić information content (AvgIpc) is 3.49. The Morgan fingerprint density at radius 1 is 0.917 bits per heavy atom. The first-order valence-corrected chi connectivity index (χ1v) is 10.2. The lowest BCUT2D eigenvalue weighted by Crippen LogP contribution is -2.56. The first-order valence-electron chi connectivity index (χ1n) is 10.2. The van der Waals surface area contributed by atoms with E-state index in [-0.39, 0.29) is 17.4 Å². The van der Waals surface area contributed by atoms with E-state index in [2.05, 4.69) is 10.2 Å². The van der Waals surface area contributed by atoms with Gasteiger partial charge < -0.3 is 10.2 Å². The molecule has 4 rings (SSSR count). The summed E-state index contributed by atoms with van der Waals surface area (Å²) in [7, 11) is 0. The van der Waals surface area contributed by atoms with Gasteiger partial charge in [0.1, 0.15) is 0 Å². The van der Waals surface area contributed by atoms with Crippen molar-refractivity contribution in [1.29, 1.82) is 0 Å². The molecular formula is C20H32N2O2. The zero-order valence-corrected chi connectivity index (χ0v) is 14.9. The molecule has 0 aromatic heterocycles. The van der Waals surface area contributed by atoms with Gasteiger partial charge in [-0.2, -0.15) is 0 Å². The number of rotatable bonds is 6. The third-order valence-corrected chi connectivity index (χ3v) is 6.72. The van der Waals surface area contributed by atoms with Crippen molar-refractivity contribution < 1.29 is 9.59 Å². The van der Waals surface area contributed by atoms with E-state index in [4.69, 9.17) is 0 Å². The molecule has 4 heteroatoms. The SMILES string of the molecule is O=C(NC1(CC2CC2)CCN(C(=O)CC2CCCC2)CC1)C1CC1. The van der Waals surface area contributed by atoms with Gasteiger partial charge in [0.25, 0.3) is 0 Å². The summed E-state index contributed by atoms with van der Waals surface area (Å²) in [6.45, 7) is 1.67. The molecule has 0 spiro atoms. The quantitative estimate of drug-likeness (QED) is 0.811. The standard InChI is InChI=1S/C20H32N2O2/c23-18(13-15-3-1-2-4-15)22-11-9-20(10-12-22,14-16-5-6-16)21-19(24)17-7-8-17/h15-17H,1-14H2,(H,21,24). The van der Waals surface area contributed by atoms with Gasteiger partial charge in [0, 0.05) is 31.0 Å². The van der Waals surface area contributed by atoms with Crippen LogP contribution >= 0.6 is 0 Å². The van der Waals surface area contributed by atoms with Gasteiger partial charge in [-0.1, -0.05) is 25.7 Å². The van der Waals surface area contributed by atoms with Gasteiger partial charge in [-0.15, -0.1) is 0 Å². The molecule has 4 aliphatic rings. The van der Waals surface area contributed by atoms with Gasteiger partial charge in [-0.3, -0.25) is 9.59 Å². The Labute approximate surface area is 145 Å². The zero-order valence-electron chi connectivity index (χ0n) is 14.9. The lowest BCUT2D eigenvalue weighted by molar-refractivity contribution is -0.134. The summed E-state index contributed by atoms with van der Waals surface area (Å²) in [5.41, 5.74) is -0.0228. The van der Waals surface area contributed by atoms with Crippen molar-refractivity contribution in [2.24, 2.45) is 17.8 Å². The molecule has 0 unspecified atom stereocenters. The van der Waals surface area contributed by atoms with Gasteiger partial charge >= 0.3 is 0 Å². The van der Waals surface area contributed by atoms with E-state index in [1.165, 1.54) is 38.5 Å². The van der Waals surface area contributed by atoms with Crippen molar-refractivity contribution in [3.05, 3.63) is 0 Å². The van der Waals surface area contributed by atoms with Gasteiger partial charge in [-0.25, -0.2) is 0 Å². The number of hydrogen-bond acceptors (Lipinski definition) is 2. The third kappa shape index (κ3) is 3.94. The van der Waals surface area contributed by atoms with Crippen LogP contribution in [0.5, 0.6) is 0 Å². The topological polar surface area (TPSA) is 49.4 Å². The fourth-order valence-electron chi connectivity index (χ4n) is 4.74. The summed E-state index contributed by atoms with van der Waals surface area (Å²) in [6.07, 6.45) is 13.7. The first-order chi connectivity index (χ1) is 11.6. The van der Waals surface area contributed by atoms with Crippen molar-refractivity contribution in [2.75, 3.05) is 13.1 Å². The Hall–Kier alpha value is -1.06. The normalized spacial score (nSPS) is 27.2. The van der Waals surface area contributed by atoms with E-state index in [1.54, 1.807) is 0 Å². The molecule has 1 saturated heterocycles. The highest BCUT2D eigenvalue weighted by molar-refractivity contribution is 5.81. The molecule has 4 nitrogen and oxygen atoms in total. The Morgan fingerprint density at radius 3 is 2.17 bits per heavy atom. The maximum Gasteiger partial charge on any atom is 0.223 e. The van der Waals surface area contributed by atoms with Crippen LogP contribution in [0.1, 0.15) is 77.0 Å². The highest BCUT2D eigenvalue weighted by Gasteiger charge is 2.43. The van der Waals surface area contributed by atoms with Gasteiger partial charge in [-0.05, 0) is 56.8 Å². The molecule has 2 amide bonds. The molecule has 1 heterocycles. The second kappa shape index (κ2) is 6.68. The van der Waals surface area contributed by atoms with E-state index < -0.39 is 0 Å². The van der Waals surface area contributed by atoms with Crippen LogP contribution < -0.4 is 5.32 Å². The average molecular weight is 332 g/mol. The predicted molar refractivity (Wildman–Crippen MR) is 93.3 cm³/mol. The number of piperidine rings is 1. The Bertz CT molecular complexity index is 482. The van der Waals surface area contributed by atoms with Crippen molar-refractivity contribution >= 4 is 11.8 Å². The second-order valence-corrected chi connectivity index (χ2v) is 8.93. The van der Waals surface area contributed by atoms with Crippen LogP contribution in [0.25, 0.3) is 0 Å². The zero-order chi connectivity index (χ0) is 16.6. The van der Waals surface area contributed by atoms with Gasteiger partial charge in [0.15, 0.2) is 0 Å². The molecule has 0 radical (unpaired) electrons. The molecule has 1 N–H and O–H groups in total. The number of likely N-dealkylation sites (tertiary alicyclic amines) is 1. The smallest absolute Gasteiger partial charge is 0.223 e. The molecule has 1 aliphatic heterocycles. The summed E-state index contributed by atoms with van der Waals surface area (Å²) in [4.78, 5) is 27.0. The Morgan fingerprint density at radius 2 is 1.58 bits per heavy atom. The van der Waals surface area contributed by atoms with Crippen LogP contribution in [-0.2, 0) is 9.59 Å². The van der Waals surface area contributed by atoms with E-state index in [9.17, 15) is 9.59 Å². The van der Waals surface area contributed by atoms with Crippen LogP contribution in [0.15, 0.2) is 0 Å². The third-order valence-electron chi connectivity index (χ3n) is 6.72. The Balaban J connectivity index is 1.32. The van der Waals surface area contributed by atoms with Crippen LogP contribution in [0.4, 0.5) is 0 Å². The Kier molecular flexibility index (Phi) is 4.57. The maximum atomic E-state index is 12.6. The van der Waals surface area contributed by atoms with Crippen molar-refractivity contribution in [3.63, 3.8) is 0 Å². The second-order valence-electron chi connectivity index (χ2n) is 8.93. The lowest BCUT2D eigenvalue weighted by atomic mass is 9.82. The summed E-state index contributed by atoms with van der Waals surface area (Å²) < 4.78 is 0. The minimum absolute atomic E-state index is 0.0228. The summed E-state index contributed by atoms with van der Waals surface area (Å²) in [6, 6.07) is 0. The largest absolute Gasteiger partial charge is 0.350 e. The number of amides is 2. The molecule has 0 aromatic rings. The molecule has 0 bridgehead atoms. The van der Waals surface area contributed by atoms with Crippen molar-refractivity contribution in [3.8, 4) is 0 Å². The number of nitrogens with zero attached hydrogens (tertiary/aromatic N) is 1. The molecular weight excluding hydrogens is 300 g/mol. The minimum atomic E-state index is -0.0228. The van der Waals surface area contributed by atoms with E-state index in [0.717, 1.165) is 57.5 Å². The number of carbonyl (C=O) groups excluding carboxylic acids is 2. The summed E-state index contributed by atoms with van der Waals surface area (Å²) in [5, 5.41) is 3.42. The molecule has 3 saturated carbocycles. The highest BCUT2D eigenvalue weighted by Crippen LogP contribution is 2.41. The van der Waals surface area contributed by atoms with E-state index >= 15 is 0 Å². The number of hydrogen-bond donors (Lipinski definition) is 1. The summed E-state index contributed by atoms with van der Waals surface area (Å²) in [5.74, 6) is 2.36. The lowest BCUT2D eigenvalue weighted by Gasteiger charge is -2.43. The predicted octanol–water partition coefficient (Wildman–Crippen LogP) is 3.25. The molecule has 3 aliphatic carbocycles. The summed E-state index contributed by atoms with van der Waals surface area (Å²) >= 11 is 0. The van der Waals surface area contributed by atoms with E-state index in [0.29, 0.717) is 11.8 Å². The maximum absolute atomic E-state index is 12.6. The molecule has 4 fully saturated rings. The fourth-order valence-corrected chi connectivity index (χ4v) is 4.74. The van der Waals surface area contributed by atoms with Gasteiger partial charge in [0.05, 0.1) is 0 Å². The number of carbonyl (C=O) groups is 2. The van der Waals surface area contributed by atoms with E-state index in [1.807, 2.05) is 0 Å². The minimum Gasteiger partial charge on any atom is -0.350 e. The van der Waals surface area contributed by atoms with Crippen molar-refractivity contribution in [2.45, 2.75) is 82.6 Å². The molecule has 0 aromatic carbocycles. The fraction of sp³-hybridized carbons (Fsp3) is 0.900. The van der Waals surface area contributed by atoms with Crippen LogP contribution in [0.3, 0.4) is 0 Å². The first kappa shape index (κ1) is 16.4. The highest BCUT2D eigenvalue weighted by atomic mass is 16.2. The van der Waals surface area contributed by atoms with Crippen LogP contribution in [0, 0.1) is 17.8 Å². The molecule has 0 atom stereocenters. The van der Waals surface area contributed by atoms with Gasteiger partial charge in [0.2, 0.25) is 11.8 Å². The van der Waals surface area contributed by atoms with Crippen LogP contribution in [0.2, 0.25) is 0 Å². The van der Waals surface area contributed by atoms with Crippen molar-refractivity contribution in [1.82, 2.24) is 10.2 Å². The number of nitrogens with one attached hydrogen (secondary N) is 1. The molecule has 134 valence electrons.